The molecular weight excluding hydrogens is 695 g/mol. The van der Waals surface area contributed by atoms with Crippen molar-refractivity contribution >= 4 is 13.7 Å². The number of amides is 1. The Kier molecular flexibility index (Phi) is 37.7. The maximum Gasteiger partial charge on any atom is 0.268 e. The maximum atomic E-state index is 12.7. The van der Waals surface area contributed by atoms with Gasteiger partial charge in [-0.15, -0.1) is 0 Å². The van der Waals surface area contributed by atoms with Gasteiger partial charge in [0.1, 0.15) is 13.2 Å². The number of hydrogen-bond acceptors (Lipinski definition) is 6. The Morgan fingerprint density at radius 3 is 1.26 bits per heavy atom. The monoisotopic (exact) mass is 789 g/mol. The zero-order valence-corrected chi connectivity index (χ0v) is 37.6. The van der Waals surface area contributed by atoms with Gasteiger partial charge in [-0.1, -0.05) is 213 Å². The van der Waals surface area contributed by atoms with E-state index in [1.54, 1.807) is 0 Å². The van der Waals surface area contributed by atoms with Gasteiger partial charge in [-0.25, -0.2) is 0 Å². The first-order valence-corrected chi connectivity index (χ1v) is 24.8. The number of carbonyl (C=O) groups is 1. The lowest BCUT2D eigenvalue weighted by Gasteiger charge is -2.30. The fraction of sp³-hybridized carbons (Fsp3) is 0.978. The molecule has 8 nitrogen and oxygen atoms in total. The summed E-state index contributed by atoms with van der Waals surface area (Å²) in [7, 11) is 1.31. The zero-order chi connectivity index (χ0) is 40.0. The largest absolute Gasteiger partial charge is 0.756 e. The smallest absolute Gasteiger partial charge is 0.268 e. The van der Waals surface area contributed by atoms with E-state index in [1.165, 1.54) is 167 Å². The first-order valence-electron chi connectivity index (χ1n) is 23.4. The van der Waals surface area contributed by atoms with E-state index in [-0.39, 0.29) is 19.1 Å². The molecule has 0 aliphatic carbocycles. The highest BCUT2D eigenvalue weighted by Crippen LogP contribution is 2.38. The lowest BCUT2D eigenvalue weighted by Crippen LogP contribution is -2.46. The van der Waals surface area contributed by atoms with Gasteiger partial charge in [0.2, 0.25) is 5.91 Å². The van der Waals surface area contributed by atoms with E-state index in [1.807, 2.05) is 21.1 Å². The SMILES string of the molecule is CCCCCCCCCCCCCCCCCCCCCCCCCCCC(O)C(COP(=O)([O-])OCC[N+](C)(C)C)NC(=O)CCCCCCCCC. The summed E-state index contributed by atoms with van der Waals surface area (Å²) in [5.74, 6) is -0.169. The standard InChI is InChI=1S/C45H93N2O6P/c1-6-8-10-12-14-15-16-17-18-19-20-21-22-23-24-25-26-27-28-29-30-31-33-34-36-38-44(48)43(42-53-54(50,51)52-41-40-47(3,4)5)46-45(49)39-37-35-32-13-11-9-7-2/h43-44,48H,6-42H2,1-5H3,(H-,46,49,50,51). The fourth-order valence-electron chi connectivity index (χ4n) is 7.10. The third-order valence-corrected chi connectivity index (χ3v) is 11.8. The zero-order valence-electron chi connectivity index (χ0n) is 36.7. The molecule has 54 heavy (non-hydrogen) atoms. The van der Waals surface area contributed by atoms with Crippen molar-refractivity contribution < 1.29 is 32.9 Å². The Hall–Kier alpha value is -0.500. The molecule has 0 bridgehead atoms. The molecule has 0 heterocycles. The highest BCUT2D eigenvalue weighted by atomic mass is 31.2. The third kappa shape index (κ3) is 39.7. The van der Waals surface area contributed by atoms with E-state index < -0.39 is 20.0 Å². The molecule has 0 aliphatic rings. The summed E-state index contributed by atoms with van der Waals surface area (Å²) in [4.78, 5) is 25.1. The van der Waals surface area contributed by atoms with E-state index in [9.17, 15) is 19.4 Å². The minimum Gasteiger partial charge on any atom is -0.756 e. The summed E-state index contributed by atoms with van der Waals surface area (Å²) < 4.78 is 23.2. The second-order valence-corrected chi connectivity index (χ2v) is 18.9. The average Bonchev–Trinajstić information content (AvgIpc) is 3.12. The van der Waals surface area contributed by atoms with Crippen LogP contribution in [0.25, 0.3) is 0 Å². The van der Waals surface area contributed by atoms with Crippen LogP contribution < -0.4 is 10.2 Å². The van der Waals surface area contributed by atoms with Crippen LogP contribution >= 0.6 is 7.82 Å². The maximum absolute atomic E-state index is 12.7. The number of phosphoric acid groups is 1. The van der Waals surface area contributed by atoms with Gasteiger partial charge < -0.3 is 28.8 Å². The molecule has 0 fully saturated rings. The van der Waals surface area contributed by atoms with Crippen LogP contribution in [0, 0.1) is 0 Å². The predicted octanol–water partition coefficient (Wildman–Crippen LogP) is 12.3. The number of likely N-dealkylation sites (N-methyl/N-ethyl adjacent to an activating group) is 1. The molecule has 0 radical (unpaired) electrons. The summed E-state index contributed by atoms with van der Waals surface area (Å²) in [6.45, 7) is 4.69. The van der Waals surface area contributed by atoms with Crippen molar-refractivity contribution in [3.63, 3.8) is 0 Å². The van der Waals surface area contributed by atoms with E-state index in [4.69, 9.17) is 9.05 Å². The van der Waals surface area contributed by atoms with Gasteiger partial charge in [0.15, 0.2) is 0 Å². The number of rotatable bonds is 43. The van der Waals surface area contributed by atoms with Gasteiger partial charge >= 0.3 is 0 Å². The third-order valence-electron chi connectivity index (χ3n) is 10.8. The number of quaternary nitrogens is 1. The van der Waals surface area contributed by atoms with Gasteiger partial charge in [-0.2, -0.15) is 0 Å². The van der Waals surface area contributed by atoms with Crippen molar-refractivity contribution in [3.8, 4) is 0 Å². The van der Waals surface area contributed by atoms with Crippen LogP contribution in [-0.4, -0.2) is 68.5 Å². The average molecular weight is 789 g/mol. The summed E-state index contributed by atoms with van der Waals surface area (Å²) in [5.41, 5.74) is 0. The van der Waals surface area contributed by atoms with Crippen LogP contribution in [0.15, 0.2) is 0 Å². The molecule has 2 N–H and O–H groups in total. The molecule has 0 saturated carbocycles. The van der Waals surface area contributed by atoms with Gasteiger partial charge in [0.25, 0.3) is 7.82 Å². The van der Waals surface area contributed by atoms with E-state index in [0.29, 0.717) is 23.9 Å². The van der Waals surface area contributed by atoms with Crippen LogP contribution in [0.1, 0.15) is 232 Å². The molecule has 0 rings (SSSR count). The van der Waals surface area contributed by atoms with Crippen molar-refractivity contribution in [2.45, 2.75) is 244 Å². The fourth-order valence-corrected chi connectivity index (χ4v) is 7.82. The molecule has 0 aliphatic heterocycles. The van der Waals surface area contributed by atoms with Crippen LogP contribution in [0.2, 0.25) is 0 Å². The summed E-state index contributed by atoms with van der Waals surface area (Å²) >= 11 is 0. The van der Waals surface area contributed by atoms with Gasteiger partial charge in [-0.3, -0.25) is 9.36 Å². The molecule has 3 unspecified atom stereocenters. The number of nitrogens with one attached hydrogen (secondary N) is 1. The molecule has 1 amide bonds. The Balaban J connectivity index is 4.03. The minimum atomic E-state index is -4.55. The Labute approximate surface area is 336 Å². The summed E-state index contributed by atoms with van der Waals surface area (Å²) in [6.07, 6.45) is 41.4. The van der Waals surface area contributed by atoms with E-state index in [2.05, 4.69) is 19.2 Å². The van der Waals surface area contributed by atoms with Crippen molar-refractivity contribution in [2.75, 3.05) is 40.9 Å². The van der Waals surface area contributed by atoms with Crippen molar-refractivity contribution in [1.29, 1.82) is 0 Å². The molecule has 0 saturated heterocycles. The van der Waals surface area contributed by atoms with E-state index in [0.717, 1.165) is 38.5 Å². The molecular formula is C45H93N2O6P. The Morgan fingerprint density at radius 1 is 0.574 bits per heavy atom. The second-order valence-electron chi connectivity index (χ2n) is 17.5. The summed E-state index contributed by atoms with van der Waals surface area (Å²) in [6, 6.07) is -0.791. The van der Waals surface area contributed by atoms with Crippen LogP contribution in [0.4, 0.5) is 0 Å². The lowest BCUT2D eigenvalue weighted by atomic mass is 10.0. The Bertz CT molecular complexity index is 855. The quantitative estimate of drug-likeness (QED) is 0.0362. The molecule has 0 aromatic rings. The number of carbonyl (C=O) groups excluding carboxylic acids is 1. The van der Waals surface area contributed by atoms with E-state index >= 15 is 0 Å². The number of aliphatic hydroxyl groups excluding tert-OH is 1. The highest BCUT2D eigenvalue weighted by Gasteiger charge is 2.24. The molecule has 3 atom stereocenters. The molecule has 0 aromatic carbocycles. The minimum absolute atomic E-state index is 0.0156. The lowest BCUT2D eigenvalue weighted by molar-refractivity contribution is -0.870. The summed E-state index contributed by atoms with van der Waals surface area (Å²) in [5, 5.41) is 13.8. The number of unbranched alkanes of at least 4 members (excludes halogenated alkanes) is 30. The predicted molar refractivity (Wildman–Crippen MR) is 229 cm³/mol. The Morgan fingerprint density at radius 2 is 0.907 bits per heavy atom. The number of phosphoric ester groups is 1. The first kappa shape index (κ1) is 53.5. The second kappa shape index (κ2) is 38.0. The van der Waals surface area contributed by atoms with Crippen molar-refractivity contribution in [2.24, 2.45) is 0 Å². The van der Waals surface area contributed by atoms with Crippen LogP contribution in [0.5, 0.6) is 0 Å². The molecule has 324 valence electrons. The molecule has 0 spiro atoms. The highest BCUT2D eigenvalue weighted by molar-refractivity contribution is 7.45. The van der Waals surface area contributed by atoms with Crippen LogP contribution in [-0.2, 0) is 18.4 Å². The topological polar surface area (TPSA) is 108 Å². The molecule has 9 heteroatoms. The van der Waals surface area contributed by atoms with Crippen LogP contribution in [0.3, 0.4) is 0 Å². The van der Waals surface area contributed by atoms with Gasteiger partial charge in [0, 0.05) is 6.42 Å². The number of hydrogen-bond donors (Lipinski definition) is 2. The molecule has 0 aromatic heterocycles. The van der Waals surface area contributed by atoms with Crippen molar-refractivity contribution in [3.05, 3.63) is 0 Å². The van der Waals surface area contributed by atoms with Gasteiger partial charge in [0.05, 0.1) is 39.9 Å². The normalized spacial score (nSPS) is 14.3. The van der Waals surface area contributed by atoms with Gasteiger partial charge in [-0.05, 0) is 12.8 Å². The number of nitrogens with zero attached hydrogens (tertiary/aromatic N) is 1. The first-order chi connectivity index (χ1) is 26.0. The van der Waals surface area contributed by atoms with Crippen molar-refractivity contribution in [1.82, 2.24) is 5.32 Å². The number of aliphatic hydroxyl groups is 1.